The van der Waals surface area contributed by atoms with Crippen LogP contribution >= 0.6 is 11.8 Å². The monoisotopic (exact) mass is 630 g/mol. The van der Waals surface area contributed by atoms with E-state index < -0.39 is 47.7 Å². The molecule has 3 aromatic rings. The standard InChI is InChI=1S/C28H28F6N4O4S/c1-17(27(39,11-23-36-16-37-38-23)21-8-7-19(29)10-22(21)30)43-20-13-40-25(41-14-20)5-3-2-4-18-6-9-24(35-12-18)42-15-28(33,34)26(31)32/h2-10,12,16-17,20,25-26,39H,11,13-15H2,1H3,(H,36,37,38)/t17-,20?,25?,27+/m1/s1. The Morgan fingerprint density at radius 1 is 1.14 bits per heavy atom. The Hall–Kier alpha value is -3.40. The summed E-state index contributed by atoms with van der Waals surface area (Å²) in [4.78, 5) is 7.86. The third-order valence-corrected chi connectivity index (χ3v) is 7.88. The van der Waals surface area contributed by atoms with Gasteiger partial charge in [0, 0.05) is 35.6 Å². The number of aromatic nitrogens is 4. The van der Waals surface area contributed by atoms with E-state index >= 15 is 0 Å². The molecule has 1 saturated heterocycles. The van der Waals surface area contributed by atoms with Gasteiger partial charge in [0.1, 0.15) is 29.4 Å². The number of aliphatic hydroxyl groups is 1. The van der Waals surface area contributed by atoms with Gasteiger partial charge in [0.2, 0.25) is 5.88 Å². The summed E-state index contributed by atoms with van der Waals surface area (Å²) in [5.74, 6) is -5.78. The summed E-state index contributed by atoms with van der Waals surface area (Å²) in [7, 11) is 0. The Morgan fingerprint density at radius 2 is 1.91 bits per heavy atom. The lowest BCUT2D eigenvalue weighted by Gasteiger charge is -2.37. The smallest absolute Gasteiger partial charge is 0.340 e. The zero-order chi connectivity index (χ0) is 31.0. The molecular weight excluding hydrogens is 602 g/mol. The van der Waals surface area contributed by atoms with Crippen LogP contribution in [0.15, 0.2) is 61.1 Å². The van der Waals surface area contributed by atoms with Gasteiger partial charge in [-0.25, -0.2) is 27.5 Å². The third kappa shape index (κ3) is 8.81. The number of benzene rings is 1. The highest BCUT2D eigenvalue weighted by molar-refractivity contribution is 8.00. The van der Waals surface area contributed by atoms with E-state index in [1.54, 1.807) is 31.2 Å². The van der Waals surface area contributed by atoms with Gasteiger partial charge in [0.25, 0.3) is 0 Å². The first-order valence-corrected chi connectivity index (χ1v) is 13.9. The fraction of sp³-hybridized carbons (Fsp3) is 0.393. The summed E-state index contributed by atoms with van der Waals surface area (Å²) in [5.41, 5.74) is -1.22. The van der Waals surface area contributed by atoms with Crippen molar-refractivity contribution in [1.29, 1.82) is 0 Å². The Balaban J connectivity index is 1.28. The van der Waals surface area contributed by atoms with Crippen LogP contribution in [-0.4, -0.2) is 74.2 Å². The zero-order valence-corrected chi connectivity index (χ0v) is 23.5. The number of alkyl halides is 4. The first kappa shape index (κ1) is 32.5. The molecule has 1 aliphatic rings. The predicted molar refractivity (Wildman–Crippen MR) is 146 cm³/mol. The van der Waals surface area contributed by atoms with Crippen LogP contribution in [-0.2, 0) is 21.5 Å². The fourth-order valence-corrected chi connectivity index (χ4v) is 5.42. The zero-order valence-electron chi connectivity index (χ0n) is 22.7. The van der Waals surface area contributed by atoms with Crippen molar-refractivity contribution in [3.8, 4) is 5.88 Å². The SMILES string of the molecule is C[C@@H](SC1COC(C=CC=Cc2ccc(OCC(F)(F)C(F)F)nc2)OC1)[C@@](O)(Cc1ncn[nH]1)c1ccc(F)cc1F. The van der Waals surface area contributed by atoms with Crippen LogP contribution in [0.5, 0.6) is 5.88 Å². The molecule has 1 fully saturated rings. The van der Waals surface area contributed by atoms with Gasteiger partial charge in [0.15, 0.2) is 12.9 Å². The van der Waals surface area contributed by atoms with Crippen LogP contribution in [0.2, 0.25) is 0 Å². The second-order valence-corrected chi connectivity index (χ2v) is 11.3. The van der Waals surface area contributed by atoms with Gasteiger partial charge in [0.05, 0.1) is 18.5 Å². The molecule has 2 N–H and O–H groups in total. The molecule has 0 bridgehead atoms. The number of nitrogens with one attached hydrogen (secondary N) is 1. The van der Waals surface area contributed by atoms with Crippen LogP contribution in [0, 0.1) is 11.6 Å². The van der Waals surface area contributed by atoms with Gasteiger partial charge in [-0.05, 0) is 23.8 Å². The highest BCUT2D eigenvalue weighted by Gasteiger charge is 2.42. The first-order valence-electron chi connectivity index (χ1n) is 13.0. The summed E-state index contributed by atoms with van der Waals surface area (Å²) in [6.45, 7) is 0.792. The number of aromatic amines is 1. The van der Waals surface area contributed by atoms with E-state index in [-0.39, 0.29) is 36.3 Å². The minimum absolute atomic E-state index is 0.0683. The molecule has 0 unspecified atom stereocenters. The molecule has 3 heterocycles. The Labute approximate surface area is 247 Å². The maximum atomic E-state index is 14.8. The number of ether oxygens (including phenoxy) is 3. The number of pyridine rings is 1. The maximum absolute atomic E-state index is 14.8. The van der Waals surface area contributed by atoms with Gasteiger partial charge >= 0.3 is 12.3 Å². The largest absolute Gasteiger partial charge is 0.471 e. The number of hydrogen-bond acceptors (Lipinski definition) is 8. The molecule has 0 amide bonds. The molecule has 0 spiro atoms. The molecule has 43 heavy (non-hydrogen) atoms. The highest BCUT2D eigenvalue weighted by atomic mass is 32.2. The van der Waals surface area contributed by atoms with Gasteiger partial charge < -0.3 is 19.3 Å². The number of nitrogens with zero attached hydrogens (tertiary/aromatic N) is 3. The Morgan fingerprint density at radius 3 is 2.53 bits per heavy atom. The van der Waals surface area contributed by atoms with E-state index in [0.29, 0.717) is 11.4 Å². The number of allylic oxidation sites excluding steroid dienone is 2. The highest BCUT2D eigenvalue weighted by Crippen LogP contribution is 2.39. The van der Waals surface area contributed by atoms with Crippen LogP contribution in [0.3, 0.4) is 0 Å². The van der Waals surface area contributed by atoms with E-state index in [1.165, 1.54) is 42.5 Å². The van der Waals surface area contributed by atoms with Crippen molar-refractivity contribution < 1.29 is 45.7 Å². The Bertz CT molecular complexity index is 1370. The molecule has 0 saturated carbocycles. The lowest BCUT2D eigenvalue weighted by Crippen LogP contribution is -2.42. The van der Waals surface area contributed by atoms with E-state index in [4.69, 9.17) is 9.47 Å². The second kappa shape index (κ2) is 14.4. The molecule has 0 aliphatic carbocycles. The van der Waals surface area contributed by atoms with E-state index in [2.05, 4.69) is 24.9 Å². The molecule has 8 nitrogen and oxygen atoms in total. The summed E-state index contributed by atoms with van der Waals surface area (Å²) in [6, 6.07) is 5.83. The first-order chi connectivity index (χ1) is 20.5. The molecule has 2 atom stereocenters. The molecule has 0 radical (unpaired) electrons. The van der Waals surface area contributed by atoms with Crippen molar-refractivity contribution in [2.45, 2.75) is 48.1 Å². The van der Waals surface area contributed by atoms with Crippen molar-refractivity contribution in [2.75, 3.05) is 19.8 Å². The van der Waals surface area contributed by atoms with Crippen molar-refractivity contribution in [2.24, 2.45) is 0 Å². The van der Waals surface area contributed by atoms with E-state index in [0.717, 1.165) is 12.1 Å². The topological polar surface area (TPSA) is 102 Å². The third-order valence-electron chi connectivity index (χ3n) is 6.42. The fourth-order valence-electron chi connectivity index (χ4n) is 4.09. The van der Waals surface area contributed by atoms with Crippen molar-refractivity contribution in [3.05, 3.63) is 89.7 Å². The lowest BCUT2D eigenvalue weighted by atomic mass is 9.86. The van der Waals surface area contributed by atoms with Crippen LogP contribution < -0.4 is 4.74 Å². The maximum Gasteiger partial charge on any atom is 0.340 e. The lowest BCUT2D eigenvalue weighted by molar-refractivity contribution is -0.148. The van der Waals surface area contributed by atoms with Crippen molar-refractivity contribution in [1.82, 2.24) is 20.2 Å². The summed E-state index contributed by atoms with van der Waals surface area (Å²) < 4.78 is 94.8. The molecule has 1 aromatic carbocycles. The van der Waals surface area contributed by atoms with Crippen LogP contribution in [0.25, 0.3) is 6.08 Å². The predicted octanol–water partition coefficient (Wildman–Crippen LogP) is 5.32. The molecule has 15 heteroatoms. The van der Waals surface area contributed by atoms with Gasteiger partial charge in [-0.1, -0.05) is 31.2 Å². The molecule has 1 aliphatic heterocycles. The number of H-pyrrole nitrogens is 1. The minimum atomic E-state index is -4.27. The normalized spacial score (nSPS) is 20.1. The quantitative estimate of drug-likeness (QED) is 0.193. The Kier molecular flexibility index (Phi) is 10.9. The summed E-state index contributed by atoms with van der Waals surface area (Å²) in [6.07, 6.45) is 4.69. The molecular formula is C28H28F6N4O4S. The van der Waals surface area contributed by atoms with E-state index in [1.807, 2.05) is 0 Å². The van der Waals surface area contributed by atoms with Gasteiger partial charge in [-0.15, -0.1) is 11.8 Å². The van der Waals surface area contributed by atoms with Crippen molar-refractivity contribution >= 4 is 17.8 Å². The molecule has 232 valence electrons. The van der Waals surface area contributed by atoms with Crippen molar-refractivity contribution in [3.63, 3.8) is 0 Å². The summed E-state index contributed by atoms with van der Waals surface area (Å²) in [5, 5.41) is 17.3. The van der Waals surface area contributed by atoms with Crippen LogP contribution in [0.4, 0.5) is 26.3 Å². The minimum Gasteiger partial charge on any atom is -0.471 e. The number of thioether (sulfide) groups is 1. The second-order valence-electron chi connectivity index (χ2n) is 9.62. The number of hydrogen-bond donors (Lipinski definition) is 2. The van der Waals surface area contributed by atoms with Crippen LogP contribution in [0.1, 0.15) is 23.9 Å². The average molecular weight is 631 g/mol. The molecule has 4 rings (SSSR count). The number of halogens is 6. The average Bonchev–Trinajstić information content (AvgIpc) is 3.48. The van der Waals surface area contributed by atoms with Gasteiger partial charge in [-0.2, -0.15) is 13.9 Å². The summed E-state index contributed by atoms with van der Waals surface area (Å²) >= 11 is 1.34. The van der Waals surface area contributed by atoms with Gasteiger partial charge in [-0.3, -0.25) is 5.10 Å². The molecule has 2 aromatic heterocycles. The van der Waals surface area contributed by atoms with E-state index in [9.17, 15) is 31.4 Å². The number of rotatable bonds is 13.